The smallest absolute Gasteiger partial charge is 0.216 e. The third-order valence-electron chi connectivity index (χ3n) is 2.03. The molecule has 0 spiro atoms. The number of aromatic amines is 1. The van der Waals surface area contributed by atoms with Gasteiger partial charge in [0.1, 0.15) is 23.2 Å². The minimum atomic E-state index is -0.642. The summed E-state index contributed by atoms with van der Waals surface area (Å²) >= 11 is 0. The van der Waals surface area contributed by atoms with Crippen LogP contribution in [-0.4, -0.2) is 25.7 Å². The molecule has 0 amide bonds. The molecule has 0 saturated heterocycles. The monoisotopic (exact) mass is 246 g/mol. The molecule has 0 saturated carbocycles. The van der Waals surface area contributed by atoms with Crippen LogP contribution in [0.25, 0.3) is 5.57 Å². The van der Waals surface area contributed by atoms with E-state index in [4.69, 9.17) is 10.4 Å². The van der Waals surface area contributed by atoms with Gasteiger partial charge in [-0.3, -0.25) is 0 Å². The van der Waals surface area contributed by atoms with Crippen molar-refractivity contribution in [3.63, 3.8) is 0 Å². The summed E-state index contributed by atoms with van der Waals surface area (Å²) in [6, 6.07) is 5.46. The molecule has 18 heavy (non-hydrogen) atoms. The van der Waals surface area contributed by atoms with Crippen LogP contribution < -0.4 is 5.32 Å². The number of hydrogen-bond donors (Lipinski definition) is 3. The Hall–Kier alpha value is -2.95. The Bertz CT molecular complexity index is 616. The van der Waals surface area contributed by atoms with Crippen LogP contribution in [0.4, 0.5) is 10.1 Å². The van der Waals surface area contributed by atoms with Crippen molar-refractivity contribution in [2.75, 3.05) is 5.32 Å². The zero-order chi connectivity index (χ0) is 13.0. The molecule has 1 aromatic carbocycles. The summed E-state index contributed by atoms with van der Waals surface area (Å²) in [4.78, 5) is 0. The van der Waals surface area contributed by atoms with Crippen LogP contribution in [0.5, 0.6) is 5.75 Å². The Morgan fingerprint density at radius 2 is 2.39 bits per heavy atom. The predicted molar refractivity (Wildman–Crippen MR) is 59.5 cm³/mol. The maximum atomic E-state index is 13.4. The van der Waals surface area contributed by atoms with Crippen molar-refractivity contribution in [2.24, 2.45) is 0 Å². The van der Waals surface area contributed by atoms with E-state index in [1.54, 1.807) is 0 Å². The van der Waals surface area contributed by atoms with Gasteiger partial charge in [-0.15, -0.1) is 10.2 Å². The van der Waals surface area contributed by atoms with E-state index in [1.165, 1.54) is 18.3 Å². The fourth-order valence-electron chi connectivity index (χ4n) is 1.19. The lowest BCUT2D eigenvalue weighted by molar-refractivity contribution is 0.469. The van der Waals surface area contributed by atoms with Crippen molar-refractivity contribution in [3.05, 3.63) is 36.0 Å². The van der Waals surface area contributed by atoms with Gasteiger partial charge < -0.3 is 10.4 Å². The minimum Gasteiger partial charge on any atom is -0.508 e. The van der Waals surface area contributed by atoms with E-state index in [0.29, 0.717) is 0 Å². The van der Waals surface area contributed by atoms with E-state index >= 15 is 0 Å². The number of nitriles is 1. The van der Waals surface area contributed by atoms with Crippen LogP contribution in [0.15, 0.2) is 24.4 Å². The third-order valence-corrected chi connectivity index (χ3v) is 2.03. The first kappa shape index (κ1) is 11.5. The lowest BCUT2D eigenvalue weighted by atomic mass is 10.2. The number of anilines is 1. The topological polar surface area (TPSA) is 111 Å². The van der Waals surface area contributed by atoms with Gasteiger partial charge in [0.15, 0.2) is 0 Å². The molecule has 0 aliphatic rings. The van der Waals surface area contributed by atoms with Crippen LogP contribution in [0, 0.1) is 17.1 Å². The van der Waals surface area contributed by atoms with Crippen molar-refractivity contribution >= 4 is 11.3 Å². The van der Waals surface area contributed by atoms with E-state index in [0.717, 1.165) is 6.07 Å². The van der Waals surface area contributed by atoms with Crippen LogP contribution >= 0.6 is 0 Å². The number of phenolic OH excluding ortho intramolecular Hbond substituents is 1. The SMILES string of the molecule is N#CC(=CNc1ccc(O)cc1F)c1nn[nH]n1. The van der Waals surface area contributed by atoms with Gasteiger partial charge in [0.2, 0.25) is 5.82 Å². The molecule has 2 rings (SSSR count). The molecule has 0 aliphatic heterocycles. The highest BCUT2D eigenvalue weighted by molar-refractivity contribution is 5.74. The molecule has 0 aliphatic carbocycles. The van der Waals surface area contributed by atoms with Crippen LogP contribution in [0.1, 0.15) is 5.82 Å². The first-order valence-corrected chi connectivity index (χ1v) is 4.80. The Morgan fingerprint density at radius 1 is 1.56 bits per heavy atom. The molecule has 8 heteroatoms. The Morgan fingerprint density at radius 3 is 3.00 bits per heavy atom. The highest BCUT2D eigenvalue weighted by Crippen LogP contribution is 2.20. The number of nitrogens with zero attached hydrogens (tertiary/aromatic N) is 4. The second kappa shape index (κ2) is 4.92. The lowest BCUT2D eigenvalue weighted by Gasteiger charge is -2.03. The average molecular weight is 246 g/mol. The minimum absolute atomic E-state index is 0.0937. The second-order valence-electron chi connectivity index (χ2n) is 3.21. The highest BCUT2D eigenvalue weighted by atomic mass is 19.1. The van der Waals surface area contributed by atoms with Gasteiger partial charge in [-0.2, -0.15) is 10.5 Å². The van der Waals surface area contributed by atoms with Crippen molar-refractivity contribution < 1.29 is 9.50 Å². The fraction of sp³-hybridized carbons (Fsp3) is 0. The van der Waals surface area contributed by atoms with E-state index < -0.39 is 5.82 Å². The maximum Gasteiger partial charge on any atom is 0.216 e. The number of rotatable bonds is 3. The quantitative estimate of drug-likeness (QED) is 0.550. The molecule has 0 unspecified atom stereocenters. The zero-order valence-electron chi connectivity index (χ0n) is 8.92. The number of tetrazole rings is 1. The molecule has 2 aromatic rings. The molecular formula is C10H7FN6O. The number of halogens is 1. The van der Waals surface area contributed by atoms with Gasteiger partial charge in [-0.1, -0.05) is 0 Å². The fourth-order valence-corrected chi connectivity index (χ4v) is 1.19. The van der Waals surface area contributed by atoms with Crippen molar-refractivity contribution in [1.29, 1.82) is 5.26 Å². The molecule has 1 aromatic heterocycles. The number of allylic oxidation sites excluding steroid dienone is 1. The van der Waals surface area contributed by atoms with E-state index in [9.17, 15) is 4.39 Å². The molecule has 0 bridgehead atoms. The predicted octanol–water partition coefficient (Wildman–Crippen LogP) is 1.02. The number of nitrogens with one attached hydrogen (secondary N) is 2. The number of aromatic hydroxyl groups is 1. The van der Waals surface area contributed by atoms with E-state index in [2.05, 4.69) is 25.9 Å². The maximum absolute atomic E-state index is 13.4. The van der Waals surface area contributed by atoms with Gasteiger partial charge in [0.05, 0.1) is 5.69 Å². The Labute approximate surface area is 101 Å². The average Bonchev–Trinajstić information content (AvgIpc) is 2.86. The largest absolute Gasteiger partial charge is 0.508 e. The van der Waals surface area contributed by atoms with Gasteiger partial charge >= 0.3 is 0 Å². The number of aromatic nitrogens is 4. The number of phenols is 1. The molecule has 0 atom stereocenters. The summed E-state index contributed by atoms with van der Waals surface area (Å²) in [6.45, 7) is 0. The van der Waals surface area contributed by atoms with Gasteiger partial charge in [-0.05, 0) is 17.3 Å². The second-order valence-corrected chi connectivity index (χ2v) is 3.21. The van der Waals surface area contributed by atoms with Crippen molar-refractivity contribution in [1.82, 2.24) is 20.6 Å². The normalized spacial score (nSPS) is 11.0. The van der Waals surface area contributed by atoms with E-state index in [-0.39, 0.29) is 22.8 Å². The van der Waals surface area contributed by atoms with Crippen molar-refractivity contribution in [2.45, 2.75) is 0 Å². The van der Waals surface area contributed by atoms with Crippen molar-refractivity contribution in [3.8, 4) is 11.8 Å². The Balaban J connectivity index is 2.22. The summed E-state index contributed by atoms with van der Waals surface area (Å²) in [5.74, 6) is -0.721. The van der Waals surface area contributed by atoms with Gasteiger partial charge in [0.25, 0.3) is 0 Å². The van der Waals surface area contributed by atoms with Gasteiger partial charge in [-0.25, -0.2) is 4.39 Å². The number of H-pyrrole nitrogens is 1. The first-order valence-electron chi connectivity index (χ1n) is 4.80. The molecule has 3 N–H and O–H groups in total. The lowest BCUT2D eigenvalue weighted by Crippen LogP contribution is -1.95. The summed E-state index contributed by atoms with van der Waals surface area (Å²) in [5, 5.41) is 33.3. The molecule has 0 fully saturated rings. The molecule has 1 heterocycles. The summed E-state index contributed by atoms with van der Waals surface area (Å²) < 4.78 is 13.4. The highest BCUT2D eigenvalue weighted by Gasteiger charge is 2.06. The summed E-state index contributed by atoms with van der Waals surface area (Å²) in [5.41, 5.74) is 0.209. The number of hydrogen-bond acceptors (Lipinski definition) is 6. The molecule has 0 radical (unpaired) electrons. The van der Waals surface area contributed by atoms with E-state index in [1.807, 2.05) is 6.07 Å². The first-order chi connectivity index (χ1) is 8.70. The summed E-state index contributed by atoms with van der Waals surface area (Å²) in [7, 11) is 0. The van der Waals surface area contributed by atoms with Crippen LogP contribution in [0.3, 0.4) is 0 Å². The summed E-state index contributed by atoms with van der Waals surface area (Å²) in [6.07, 6.45) is 1.25. The standard InChI is InChI=1S/C10H7FN6O/c11-8-3-7(18)1-2-9(8)13-5-6(4-12)10-14-16-17-15-10/h1-3,5,13,18H,(H,14,15,16,17). The number of benzene rings is 1. The van der Waals surface area contributed by atoms with Crippen LogP contribution in [-0.2, 0) is 0 Å². The molecule has 90 valence electrons. The third kappa shape index (κ3) is 2.41. The zero-order valence-corrected chi connectivity index (χ0v) is 8.92. The Kier molecular flexibility index (Phi) is 3.15. The van der Waals surface area contributed by atoms with Crippen LogP contribution in [0.2, 0.25) is 0 Å². The van der Waals surface area contributed by atoms with Gasteiger partial charge in [0, 0.05) is 12.3 Å². The molecular weight excluding hydrogens is 239 g/mol. The molecule has 7 nitrogen and oxygen atoms in total.